The average Bonchev–Trinajstić information content (AvgIpc) is 3.14. The van der Waals surface area contributed by atoms with Crippen molar-refractivity contribution in [2.45, 2.75) is 0 Å². The van der Waals surface area contributed by atoms with Gasteiger partial charge in [0.1, 0.15) is 0 Å². The first-order valence-electron chi connectivity index (χ1n) is 16.4. The van der Waals surface area contributed by atoms with E-state index in [1.54, 1.807) is 0 Å². The highest BCUT2D eigenvalue weighted by Crippen LogP contribution is 2.24. The van der Waals surface area contributed by atoms with Crippen molar-refractivity contribution in [3.63, 3.8) is 0 Å². The van der Waals surface area contributed by atoms with Gasteiger partial charge in [0.2, 0.25) is 0 Å². The van der Waals surface area contributed by atoms with E-state index in [4.69, 9.17) is 0 Å². The Morgan fingerprint density at radius 3 is 0.562 bits per heavy atom. The fourth-order valence-corrected chi connectivity index (χ4v) is 5.93. The van der Waals surface area contributed by atoms with Crippen LogP contribution in [0, 0.1) is 0 Å². The summed E-state index contributed by atoms with van der Waals surface area (Å²) in [6.07, 6.45) is 26.5. The molecular formula is C48H36. The molecule has 6 aromatic rings. The normalized spacial score (nSPS) is 16.5. The molecule has 48 heavy (non-hydrogen) atoms. The van der Waals surface area contributed by atoms with Crippen LogP contribution >= 0.6 is 0 Å². The molecule has 0 aliphatic heterocycles. The maximum Gasteiger partial charge on any atom is -0.0184 e. The number of benzene rings is 6. The molecule has 0 heteroatoms. The zero-order valence-corrected chi connectivity index (χ0v) is 26.8. The van der Waals surface area contributed by atoms with Crippen LogP contribution in [0.3, 0.4) is 0 Å². The molecule has 0 N–H and O–H groups in total. The van der Waals surface area contributed by atoms with Gasteiger partial charge in [-0.15, -0.1) is 0 Å². The summed E-state index contributed by atoms with van der Waals surface area (Å²) in [6.45, 7) is 0. The van der Waals surface area contributed by atoms with Crippen molar-refractivity contribution in [1.29, 1.82) is 0 Å². The smallest absolute Gasteiger partial charge is 0.0184 e. The van der Waals surface area contributed by atoms with Crippen LogP contribution in [0.5, 0.6) is 0 Å². The minimum atomic E-state index is 1.16. The molecule has 0 heterocycles. The van der Waals surface area contributed by atoms with Gasteiger partial charge < -0.3 is 0 Å². The van der Waals surface area contributed by atoms with E-state index in [9.17, 15) is 0 Å². The van der Waals surface area contributed by atoms with Gasteiger partial charge in [-0.3, -0.25) is 0 Å². The highest BCUT2D eigenvalue weighted by molar-refractivity contribution is 5.87. The van der Waals surface area contributed by atoms with E-state index >= 15 is 0 Å². The van der Waals surface area contributed by atoms with E-state index in [0.717, 1.165) is 11.1 Å². The zero-order valence-electron chi connectivity index (χ0n) is 26.8. The zero-order chi connectivity index (χ0) is 32.4. The molecule has 0 nitrogen and oxygen atoms in total. The lowest BCUT2D eigenvalue weighted by molar-refractivity contribution is 1.58. The molecule has 0 fully saturated rings. The van der Waals surface area contributed by atoms with Gasteiger partial charge in [0.05, 0.1) is 0 Å². The second-order valence-electron chi connectivity index (χ2n) is 11.8. The molecule has 0 saturated carbocycles. The Morgan fingerprint density at radius 2 is 0.354 bits per heavy atom. The molecule has 228 valence electrons. The van der Waals surface area contributed by atoms with Gasteiger partial charge in [-0.1, -0.05) is 212 Å². The summed E-state index contributed by atoms with van der Waals surface area (Å²) in [6, 6.07) is 51.4. The Balaban J connectivity index is 1.34. The molecule has 0 unspecified atom stereocenters. The first kappa shape index (κ1) is 30.4. The van der Waals surface area contributed by atoms with Crippen LogP contribution in [0.25, 0.3) is 72.9 Å². The van der Waals surface area contributed by atoms with Crippen LogP contribution in [-0.4, -0.2) is 0 Å². The van der Waals surface area contributed by atoms with Crippen LogP contribution in [0.2, 0.25) is 0 Å². The van der Waals surface area contributed by atoms with E-state index in [1.165, 1.54) is 55.6 Å². The lowest BCUT2D eigenvalue weighted by atomic mass is 10.00. The Kier molecular flexibility index (Phi) is 9.44. The van der Waals surface area contributed by atoms with Gasteiger partial charge in [0.25, 0.3) is 0 Å². The van der Waals surface area contributed by atoms with E-state index in [1.807, 2.05) is 0 Å². The molecule has 0 aromatic heterocycles. The van der Waals surface area contributed by atoms with Crippen LogP contribution in [0.4, 0.5) is 0 Å². The van der Waals surface area contributed by atoms with Crippen LogP contribution in [-0.2, 0) is 0 Å². The fourth-order valence-electron chi connectivity index (χ4n) is 5.93. The van der Waals surface area contributed by atoms with E-state index < -0.39 is 0 Å². The standard InChI is InChI=1S/C48H36/c1-3-16-41-28-30-43-18-5-7-20-45(43)32-34-47-22-9-10-23-48(47)35-33-46-21-8-6-19-44(46)31-29-42-17-4-2-15-40(42)27-25-38-13-11-12-37(36-38)24-26-39(41)14-1/h1-36H/b26-24-,27-25-,30-28-,31-29-,34-32-,35-33-. The molecule has 0 spiro atoms. The molecule has 1 aliphatic rings. The fraction of sp³-hybridized carbons (Fsp3) is 0. The summed E-state index contributed by atoms with van der Waals surface area (Å²) < 4.78 is 0. The van der Waals surface area contributed by atoms with Crippen molar-refractivity contribution in [2.24, 2.45) is 0 Å². The highest BCUT2D eigenvalue weighted by Gasteiger charge is 2.02. The number of fused-ring (bicyclic) bond motifs is 7. The third-order valence-electron chi connectivity index (χ3n) is 8.57. The van der Waals surface area contributed by atoms with E-state index in [0.29, 0.717) is 0 Å². The Morgan fingerprint density at radius 1 is 0.167 bits per heavy atom. The summed E-state index contributed by atoms with van der Waals surface area (Å²) in [4.78, 5) is 0. The van der Waals surface area contributed by atoms with Gasteiger partial charge in [-0.25, -0.2) is 0 Å². The van der Waals surface area contributed by atoms with Gasteiger partial charge in [0, 0.05) is 0 Å². The van der Waals surface area contributed by atoms with E-state index in [-0.39, 0.29) is 0 Å². The van der Waals surface area contributed by atoms with Crippen LogP contribution < -0.4 is 0 Å². The topological polar surface area (TPSA) is 0 Å². The van der Waals surface area contributed by atoms with Crippen LogP contribution in [0.1, 0.15) is 66.8 Å². The predicted molar refractivity (Wildman–Crippen MR) is 212 cm³/mol. The quantitative estimate of drug-likeness (QED) is 0.160. The van der Waals surface area contributed by atoms with Gasteiger partial charge >= 0.3 is 0 Å². The average molecular weight is 613 g/mol. The summed E-state index contributed by atoms with van der Waals surface area (Å²) >= 11 is 0. The summed E-state index contributed by atoms with van der Waals surface area (Å²) in [5.74, 6) is 0. The molecule has 0 amide bonds. The Hall–Kier alpha value is -6.24. The number of rotatable bonds is 0. The SMILES string of the molecule is C1=C\c2ccccc2/C=C\c2ccccc2/C=C\c2ccccc2/C=C\c2ccccc2/C=C\c2ccccc2/C=C\c2cccc/1c2. The third-order valence-corrected chi connectivity index (χ3v) is 8.57. The number of hydrogen-bond acceptors (Lipinski definition) is 0. The van der Waals surface area contributed by atoms with Crippen molar-refractivity contribution in [2.75, 3.05) is 0 Å². The summed E-state index contributed by atoms with van der Waals surface area (Å²) in [7, 11) is 0. The van der Waals surface area contributed by atoms with Crippen molar-refractivity contribution < 1.29 is 0 Å². The second-order valence-corrected chi connectivity index (χ2v) is 11.8. The predicted octanol–water partition coefficient (Wildman–Crippen LogP) is 13.0. The molecule has 0 atom stereocenters. The summed E-state index contributed by atoms with van der Waals surface area (Å²) in [5, 5.41) is 0. The largest absolute Gasteiger partial charge is 0.0616 e. The molecule has 6 aromatic carbocycles. The van der Waals surface area contributed by atoms with Crippen LogP contribution in [0.15, 0.2) is 146 Å². The first-order chi connectivity index (χ1) is 23.8. The van der Waals surface area contributed by atoms with E-state index in [2.05, 4.69) is 219 Å². The van der Waals surface area contributed by atoms with Crippen molar-refractivity contribution >= 4 is 72.9 Å². The third kappa shape index (κ3) is 7.58. The Labute approximate surface area is 284 Å². The lowest BCUT2D eigenvalue weighted by Crippen LogP contribution is -1.84. The van der Waals surface area contributed by atoms with Gasteiger partial charge in [-0.05, 0) is 72.8 Å². The minimum absolute atomic E-state index is 1.16. The van der Waals surface area contributed by atoms with Crippen molar-refractivity contribution in [3.8, 4) is 0 Å². The molecule has 0 radical (unpaired) electrons. The minimum Gasteiger partial charge on any atom is -0.0616 e. The molecule has 2 bridgehead atoms. The maximum absolute atomic E-state index is 2.23. The lowest BCUT2D eigenvalue weighted by Gasteiger charge is -2.05. The first-order valence-corrected chi connectivity index (χ1v) is 16.4. The molecular weight excluding hydrogens is 577 g/mol. The molecule has 0 saturated heterocycles. The molecule has 7 rings (SSSR count). The van der Waals surface area contributed by atoms with Crippen molar-refractivity contribution in [1.82, 2.24) is 0 Å². The highest BCUT2D eigenvalue weighted by atomic mass is 14.1. The maximum atomic E-state index is 2.23. The monoisotopic (exact) mass is 612 g/mol. The van der Waals surface area contributed by atoms with Crippen molar-refractivity contribution in [3.05, 3.63) is 212 Å². The summed E-state index contributed by atoms with van der Waals surface area (Å²) in [5.41, 5.74) is 14.1. The second kappa shape index (κ2) is 14.9. The molecule has 1 aliphatic carbocycles. The van der Waals surface area contributed by atoms with Gasteiger partial charge in [-0.2, -0.15) is 0 Å². The number of hydrogen-bond donors (Lipinski definition) is 0. The van der Waals surface area contributed by atoms with Gasteiger partial charge in [0.15, 0.2) is 0 Å². The Bertz CT molecular complexity index is 2080.